The molecule has 0 saturated heterocycles. The number of anilines is 1. The predicted octanol–water partition coefficient (Wildman–Crippen LogP) is 4.47. The van der Waals surface area contributed by atoms with Crippen LogP contribution >= 0.6 is 0 Å². The normalized spacial score (nSPS) is 13.3. The standard InChI is InChI=1S/C20H32N2O2/c1-8-14(2)15-11-9-10-12-16(15)21-17(23)18(24)22-20(6,7)13-19(3,4)5/h9-12,14H,8,13H2,1-7H3,(H,21,23)(H,22,24). The van der Waals surface area contributed by atoms with Crippen molar-refractivity contribution < 1.29 is 9.59 Å². The van der Waals surface area contributed by atoms with Crippen LogP contribution in [0, 0.1) is 5.41 Å². The van der Waals surface area contributed by atoms with Gasteiger partial charge in [-0.25, -0.2) is 0 Å². The third kappa shape index (κ3) is 6.34. The van der Waals surface area contributed by atoms with Crippen LogP contribution in [0.15, 0.2) is 24.3 Å². The van der Waals surface area contributed by atoms with Gasteiger partial charge >= 0.3 is 11.8 Å². The molecular formula is C20H32N2O2. The molecule has 0 saturated carbocycles. The lowest BCUT2D eigenvalue weighted by molar-refractivity contribution is -0.137. The van der Waals surface area contributed by atoms with E-state index in [1.165, 1.54) is 0 Å². The zero-order chi connectivity index (χ0) is 18.5. The van der Waals surface area contributed by atoms with E-state index < -0.39 is 17.4 Å². The Morgan fingerprint density at radius 1 is 1.04 bits per heavy atom. The van der Waals surface area contributed by atoms with Crippen molar-refractivity contribution in [1.29, 1.82) is 0 Å². The quantitative estimate of drug-likeness (QED) is 0.782. The van der Waals surface area contributed by atoms with Crippen molar-refractivity contribution in [3.63, 3.8) is 0 Å². The summed E-state index contributed by atoms with van der Waals surface area (Å²) >= 11 is 0. The van der Waals surface area contributed by atoms with Gasteiger partial charge in [0.15, 0.2) is 0 Å². The lowest BCUT2D eigenvalue weighted by Gasteiger charge is -2.33. The van der Waals surface area contributed by atoms with Gasteiger partial charge in [0.25, 0.3) is 0 Å². The topological polar surface area (TPSA) is 58.2 Å². The molecule has 1 atom stereocenters. The largest absolute Gasteiger partial charge is 0.343 e. The molecule has 4 nitrogen and oxygen atoms in total. The summed E-state index contributed by atoms with van der Waals surface area (Å²) in [6, 6.07) is 7.64. The average Bonchev–Trinajstić information content (AvgIpc) is 2.43. The minimum atomic E-state index is -0.618. The molecular weight excluding hydrogens is 300 g/mol. The molecule has 2 amide bonds. The second-order valence-electron chi connectivity index (χ2n) is 8.43. The Kier molecular flexibility index (Phi) is 6.58. The highest BCUT2D eigenvalue weighted by molar-refractivity contribution is 6.39. The van der Waals surface area contributed by atoms with Gasteiger partial charge in [-0.15, -0.1) is 0 Å². The summed E-state index contributed by atoms with van der Waals surface area (Å²) in [6.45, 7) is 14.4. The van der Waals surface area contributed by atoms with E-state index in [2.05, 4.69) is 45.3 Å². The van der Waals surface area contributed by atoms with E-state index in [4.69, 9.17) is 0 Å². The Morgan fingerprint density at radius 2 is 1.62 bits per heavy atom. The third-order valence-electron chi connectivity index (χ3n) is 3.98. The molecule has 1 aromatic rings. The molecule has 0 aliphatic carbocycles. The van der Waals surface area contributed by atoms with E-state index in [-0.39, 0.29) is 5.41 Å². The smallest absolute Gasteiger partial charge is 0.313 e. The number of rotatable bonds is 5. The lowest BCUT2D eigenvalue weighted by atomic mass is 9.82. The highest BCUT2D eigenvalue weighted by atomic mass is 16.2. The minimum Gasteiger partial charge on any atom is -0.343 e. The number of hydrogen-bond donors (Lipinski definition) is 2. The molecule has 0 aliphatic rings. The predicted molar refractivity (Wildman–Crippen MR) is 100 cm³/mol. The SMILES string of the molecule is CCC(C)c1ccccc1NC(=O)C(=O)NC(C)(C)CC(C)(C)C. The maximum atomic E-state index is 12.3. The maximum absolute atomic E-state index is 12.3. The van der Waals surface area contributed by atoms with Gasteiger partial charge in [0.1, 0.15) is 0 Å². The number of para-hydroxylation sites is 1. The molecule has 24 heavy (non-hydrogen) atoms. The molecule has 1 aromatic carbocycles. The van der Waals surface area contributed by atoms with Crippen LogP contribution in [0.3, 0.4) is 0 Å². The molecule has 1 unspecified atom stereocenters. The van der Waals surface area contributed by atoms with Gasteiger partial charge in [-0.2, -0.15) is 0 Å². The molecule has 0 fully saturated rings. The van der Waals surface area contributed by atoms with Crippen LogP contribution in [0.1, 0.15) is 72.8 Å². The molecule has 4 heteroatoms. The molecule has 0 aromatic heterocycles. The zero-order valence-corrected chi connectivity index (χ0v) is 16.1. The van der Waals surface area contributed by atoms with Gasteiger partial charge in [-0.05, 0) is 49.7 Å². The maximum Gasteiger partial charge on any atom is 0.313 e. The number of carbonyl (C=O) groups excluding carboxylic acids is 2. The molecule has 0 heterocycles. The summed E-state index contributed by atoms with van der Waals surface area (Å²) in [6.07, 6.45) is 1.75. The molecule has 134 valence electrons. The number of nitrogens with one attached hydrogen (secondary N) is 2. The van der Waals surface area contributed by atoms with E-state index in [9.17, 15) is 9.59 Å². The number of amides is 2. The van der Waals surface area contributed by atoms with Crippen molar-refractivity contribution in [2.45, 2.75) is 72.8 Å². The van der Waals surface area contributed by atoms with Crippen LogP contribution in [0.25, 0.3) is 0 Å². The summed E-state index contributed by atoms with van der Waals surface area (Å²) in [5.74, 6) is -0.891. The Morgan fingerprint density at radius 3 is 2.17 bits per heavy atom. The number of benzene rings is 1. The first-order chi connectivity index (χ1) is 10.9. The molecule has 1 rings (SSSR count). The zero-order valence-electron chi connectivity index (χ0n) is 16.1. The van der Waals surface area contributed by atoms with E-state index in [1.54, 1.807) is 0 Å². The summed E-state index contributed by atoms with van der Waals surface area (Å²) in [7, 11) is 0. The Hall–Kier alpha value is -1.84. The second-order valence-corrected chi connectivity index (χ2v) is 8.43. The summed E-state index contributed by atoms with van der Waals surface area (Å²) in [5, 5.41) is 5.60. The van der Waals surface area contributed by atoms with Crippen molar-refractivity contribution in [2.75, 3.05) is 5.32 Å². The lowest BCUT2D eigenvalue weighted by Crippen LogP contribution is -2.49. The van der Waals surface area contributed by atoms with Crippen LogP contribution < -0.4 is 10.6 Å². The Bertz CT molecular complexity index is 586. The monoisotopic (exact) mass is 332 g/mol. The van der Waals surface area contributed by atoms with Gasteiger partial charge in [0.05, 0.1) is 0 Å². The van der Waals surface area contributed by atoms with Gasteiger partial charge in [0, 0.05) is 11.2 Å². The van der Waals surface area contributed by atoms with Crippen LogP contribution in [0.4, 0.5) is 5.69 Å². The van der Waals surface area contributed by atoms with E-state index in [1.807, 2.05) is 38.1 Å². The Balaban J connectivity index is 2.80. The van der Waals surface area contributed by atoms with Crippen LogP contribution in [0.2, 0.25) is 0 Å². The van der Waals surface area contributed by atoms with Crippen LogP contribution in [0.5, 0.6) is 0 Å². The van der Waals surface area contributed by atoms with Gasteiger partial charge in [-0.3, -0.25) is 9.59 Å². The van der Waals surface area contributed by atoms with Gasteiger partial charge in [0.2, 0.25) is 0 Å². The highest BCUT2D eigenvalue weighted by Gasteiger charge is 2.29. The molecule has 0 bridgehead atoms. The van der Waals surface area contributed by atoms with Crippen molar-refractivity contribution in [2.24, 2.45) is 5.41 Å². The van der Waals surface area contributed by atoms with Crippen molar-refractivity contribution >= 4 is 17.5 Å². The number of hydrogen-bond acceptors (Lipinski definition) is 2. The molecule has 0 spiro atoms. The van der Waals surface area contributed by atoms with Crippen LogP contribution in [-0.4, -0.2) is 17.4 Å². The Labute approximate surface area is 146 Å². The minimum absolute atomic E-state index is 0.0659. The van der Waals surface area contributed by atoms with E-state index in [0.717, 1.165) is 18.4 Å². The van der Waals surface area contributed by atoms with Crippen molar-refractivity contribution in [3.05, 3.63) is 29.8 Å². The summed E-state index contributed by atoms with van der Waals surface area (Å²) in [5.41, 5.74) is 1.38. The first kappa shape index (κ1) is 20.2. The summed E-state index contributed by atoms with van der Waals surface area (Å²) < 4.78 is 0. The second kappa shape index (κ2) is 7.82. The molecule has 2 N–H and O–H groups in total. The average molecular weight is 332 g/mol. The first-order valence-electron chi connectivity index (χ1n) is 8.67. The van der Waals surface area contributed by atoms with E-state index in [0.29, 0.717) is 11.6 Å². The van der Waals surface area contributed by atoms with Crippen molar-refractivity contribution in [1.82, 2.24) is 5.32 Å². The first-order valence-corrected chi connectivity index (χ1v) is 8.67. The third-order valence-corrected chi connectivity index (χ3v) is 3.98. The highest BCUT2D eigenvalue weighted by Crippen LogP contribution is 2.28. The molecule has 0 aliphatic heterocycles. The number of carbonyl (C=O) groups is 2. The fourth-order valence-electron chi connectivity index (χ4n) is 3.17. The van der Waals surface area contributed by atoms with Gasteiger partial charge in [-0.1, -0.05) is 52.8 Å². The van der Waals surface area contributed by atoms with Crippen LogP contribution in [-0.2, 0) is 9.59 Å². The fourth-order valence-corrected chi connectivity index (χ4v) is 3.17. The van der Waals surface area contributed by atoms with E-state index >= 15 is 0 Å². The molecule has 0 radical (unpaired) electrons. The fraction of sp³-hybridized carbons (Fsp3) is 0.600. The van der Waals surface area contributed by atoms with Gasteiger partial charge < -0.3 is 10.6 Å². The van der Waals surface area contributed by atoms with Crippen molar-refractivity contribution in [3.8, 4) is 0 Å². The summed E-state index contributed by atoms with van der Waals surface area (Å²) in [4.78, 5) is 24.6.